The number of carbonyl (C=O) groups excluding carboxylic acids is 2. The Hall–Kier alpha value is -3.17. The number of hydrogen-bond acceptors (Lipinski definition) is 5. The fourth-order valence-electron chi connectivity index (χ4n) is 4.49. The van der Waals surface area contributed by atoms with E-state index in [-0.39, 0.29) is 29.5 Å². The lowest BCUT2D eigenvalue weighted by Gasteiger charge is -2.33. The zero-order valence-corrected chi connectivity index (χ0v) is 20.6. The van der Waals surface area contributed by atoms with E-state index in [2.05, 4.69) is 17.0 Å². The minimum atomic E-state index is -3.70. The number of sulfonamides is 1. The normalized spacial score (nSPS) is 17.9. The highest BCUT2D eigenvalue weighted by Gasteiger charge is 2.29. The molecule has 9 heteroatoms. The topological polar surface area (TPSA) is 104 Å². The largest absolute Gasteiger partial charge is 0.372 e. The molecule has 2 fully saturated rings. The lowest BCUT2D eigenvalue weighted by Crippen LogP contribution is -2.50. The first-order valence-electron chi connectivity index (χ1n) is 12.1. The van der Waals surface area contributed by atoms with Gasteiger partial charge in [-0.1, -0.05) is 25.0 Å². The molecule has 0 saturated carbocycles. The summed E-state index contributed by atoms with van der Waals surface area (Å²) in [6.07, 6.45) is 8.40. The van der Waals surface area contributed by atoms with E-state index >= 15 is 0 Å². The van der Waals surface area contributed by atoms with Gasteiger partial charge in [-0.05, 0) is 60.9 Å². The summed E-state index contributed by atoms with van der Waals surface area (Å²) < 4.78 is 27.2. The fourth-order valence-corrected chi connectivity index (χ4v) is 5.91. The van der Waals surface area contributed by atoms with Gasteiger partial charge in [-0.25, -0.2) is 8.42 Å². The number of amides is 2. The molecule has 2 aliphatic rings. The molecule has 8 nitrogen and oxygen atoms in total. The lowest BCUT2D eigenvalue weighted by molar-refractivity contribution is -0.127. The van der Waals surface area contributed by atoms with Crippen LogP contribution in [0.1, 0.15) is 41.6 Å². The molecule has 2 heterocycles. The summed E-state index contributed by atoms with van der Waals surface area (Å²) in [5.74, 6) is -0.744. The molecular formula is C26H32N4O4S. The average Bonchev–Trinajstić information content (AvgIpc) is 3.17. The van der Waals surface area contributed by atoms with E-state index in [1.54, 1.807) is 17.1 Å². The molecule has 2 aliphatic heterocycles. The van der Waals surface area contributed by atoms with Crippen molar-refractivity contribution in [3.63, 3.8) is 0 Å². The maximum Gasteiger partial charge on any atom is 0.248 e. The standard InChI is InChI=1S/C26H32N4O4S/c27-26(32)22-8-12-24(13-9-22)35(33,34)30-19-17-29(18-20-30)25(31)14-7-21-5-10-23(11-6-21)28-15-3-1-2-4-16-28/h5-14H,1-4,15-20H2,(H2,27,32)/b14-7+. The van der Waals surface area contributed by atoms with E-state index in [0.29, 0.717) is 13.1 Å². The van der Waals surface area contributed by atoms with Crippen molar-refractivity contribution >= 4 is 33.6 Å². The van der Waals surface area contributed by atoms with Gasteiger partial charge < -0.3 is 15.5 Å². The van der Waals surface area contributed by atoms with Crippen LogP contribution >= 0.6 is 0 Å². The van der Waals surface area contributed by atoms with Crippen LogP contribution in [0.3, 0.4) is 0 Å². The van der Waals surface area contributed by atoms with Crippen molar-refractivity contribution in [2.45, 2.75) is 30.6 Å². The number of benzene rings is 2. The third kappa shape index (κ3) is 6.10. The lowest BCUT2D eigenvalue weighted by atomic mass is 10.1. The van der Waals surface area contributed by atoms with E-state index < -0.39 is 15.9 Å². The highest BCUT2D eigenvalue weighted by Crippen LogP contribution is 2.21. The minimum Gasteiger partial charge on any atom is -0.372 e. The molecule has 35 heavy (non-hydrogen) atoms. The molecular weight excluding hydrogens is 464 g/mol. The van der Waals surface area contributed by atoms with Crippen LogP contribution in [0.2, 0.25) is 0 Å². The highest BCUT2D eigenvalue weighted by molar-refractivity contribution is 7.89. The van der Waals surface area contributed by atoms with Crippen molar-refractivity contribution < 1.29 is 18.0 Å². The first-order valence-corrected chi connectivity index (χ1v) is 13.5. The van der Waals surface area contributed by atoms with E-state index in [1.165, 1.54) is 59.9 Å². The maximum atomic E-state index is 12.9. The molecule has 4 rings (SSSR count). The molecule has 0 bridgehead atoms. The van der Waals surface area contributed by atoms with Gasteiger partial charge in [0.05, 0.1) is 4.90 Å². The van der Waals surface area contributed by atoms with Crippen LogP contribution in [-0.2, 0) is 14.8 Å². The molecule has 2 aromatic rings. The SMILES string of the molecule is NC(=O)c1ccc(S(=O)(=O)N2CCN(C(=O)/C=C/c3ccc(N4CCCCCC4)cc3)CC2)cc1. The molecule has 0 radical (unpaired) electrons. The van der Waals surface area contributed by atoms with Gasteiger partial charge in [0.2, 0.25) is 21.8 Å². The summed E-state index contributed by atoms with van der Waals surface area (Å²) >= 11 is 0. The second kappa shape index (κ2) is 11.0. The van der Waals surface area contributed by atoms with E-state index in [1.807, 2.05) is 12.1 Å². The monoisotopic (exact) mass is 496 g/mol. The van der Waals surface area contributed by atoms with E-state index in [9.17, 15) is 18.0 Å². The van der Waals surface area contributed by atoms with Crippen LogP contribution in [0, 0.1) is 0 Å². The van der Waals surface area contributed by atoms with Crippen LogP contribution in [0.5, 0.6) is 0 Å². The molecule has 2 saturated heterocycles. The van der Waals surface area contributed by atoms with Crippen LogP contribution in [0.25, 0.3) is 6.08 Å². The molecule has 2 N–H and O–H groups in total. The zero-order valence-electron chi connectivity index (χ0n) is 19.8. The maximum absolute atomic E-state index is 12.9. The smallest absolute Gasteiger partial charge is 0.248 e. The third-order valence-electron chi connectivity index (χ3n) is 6.61. The van der Waals surface area contributed by atoms with Crippen LogP contribution in [-0.4, -0.2) is 68.7 Å². The quantitative estimate of drug-likeness (QED) is 0.620. The fraction of sp³-hybridized carbons (Fsp3) is 0.385. The Bertz CT molecular complexity index is 1160. The molecule has 2 aromatic carbocycles. The number of primary amides is 1. The van der Waals surface area contributed by atoms with Gasteiger partial charge in [0, 0.05) is 56.6 Å². The van der Waals surface area contributed by atoms with Crippen LogP contribution < -0.4 is 10.6 Å². The van der Waals surface area contributed by atoms with Gasteiger partial charge in [0.15, 0.2) is 0 Å². The molecule has 2 amide bonds. The second-order valence-corrected chi connectivity index (χ2v) is 10.9. The van der Waals surface area contributed by atoms with Crippen molar-refractivity contribution in [3.8, 4) is 0 Å². The first kappa shape index (κ1) is 24.9. The van der Waals surface area contributed by atoms with Crippen molar-refractivity contribution in [2.75, 3.05) is 44.2 Å². The third-order valence-corrected chi connectivity index (χ3v) is 8.52. The first-order chi connectivity index (χ1) is 16.8. The summed E-state index contributed by atoms with van der Waals surface area (Å²) in [5, 5.41) is 0. The number of piperazine rings is 1. The Labute approximate surface area is 207 Å². The zero-order chi connectivity index (χ0) is 24.8. The number of hydrogen-bond donors (Lipinski definition) is 1. The summed E-state index contributed by atoms with van der Waals surface area (Å²) in [5.41, 5.74) is 7.65. The number of anilines is 1. The van der Waals surface area contributed by atoms with Gasteiger partial charge in [-0.15, -0.1) is 0 Å². The summed E-state index contributed by atoms with van der Waals surface area (Å²) in [6, 6.07) is 13.8. The predicted octanol–water partition coefficient (Wildman–Crippen LogP) is 2.71. The minimum absolute atomic E-state index is 0.103. The molecule has 0 spiro atoms. The van der Waals surface area contributed by atoms with Gasteiger partial charge in [0.1, 0.15) is 0 Å². The Morgan fingerprint density at radius 1 is 0.771 bits per heavy atom. The van der Waals surface area contributed by atoms with Gasteiger partial charge >= 0.3 is 0 Å². The van der Waals surface area contributed by atoms with Crippen LogP contribution in [0.4, 0.5) is 5.69 Å². The number of rotatable bonds is 6. The van der Waals surface area contributed by atoms with E-state index in [0.717, 1.165) is 18.7 Å². The Kier molecular flexibility index (Phi) is 7.87. The van der Waals surface area contributed by atoms with Crippen molar-refractivity contribution in [2.24, 2.45) is 5.73 Å². The van der Waals surface area contributed by atoms with E-state index in [4.69, 9.17) is 5.73 Å². The molecule has 0 aliphatic carbocycles. The van der Waals surface area contributed by atoms with Crippen molar-refractivity contribution in [3.05, 3.63) is 65.7 Å². The Morgan fingerprint density at radius 3 is 1.94 bits per heavy atom. The molecule has 0 unspecified atom stereocenters. The summed E-state index contributed by atoms with van der Waals surface area (Å²) in [4.78, 5) is 28.1. The molecule has 186 valence electrons. The van der Waals surface area contributed by atoms with Crippen LogP contribution in [0.15, 0.2) is 59.5 Å². The van der Waals surface area contributed by atoms with Crippen molar-refractivity contribution in [1.29, 1.82) is 0 Å². The van der Waals surface area contributed by atoms with Gasteiger partial charge in [-0.2, -0.15) is 4.31 Å². The Balaban J connectivity index is 1.31. The van der Waals surface area contributed by atoms with Crippen molar-refractivity contribution in [1.82, 2.24) is 9.21 Å². The average molecular weight is 497 g/mol. The molecule has 0 aromatic heterocycles. The molecule has 0 atom stereocenters. The second-order valence-electron chi connectivity index (χ2n) is 8.94. The summed E-state index contributed by atoms with van der Waals surface area (Å²) in [6.45, 7) is 3.24. The summed E-state index contributed by atoms with van der Waals surface area (Å²) in [7, 11) is -3.70. The predicted molar refractivity (Wildman–Crippen MR) is 136 cm³/mol. The number of carbonyl (C=O) groups is 2. The highest BCUT2D eigenvalue weighted by atomic mass is 32.2. The Morgan fingerprint density at radius 2 is 1.37 bits per heavy atom. The van der Waals surface area contributed by atoms with Gasteiger partial charge in [0.25, 0.3) is 0 Å². The number of nitrogens with two attached hydrogens (primary N) is 1. The number of nitrogens with zero attached hydrogens (tertiary/aromatic N) is 3. The van der Waals surface area contributed by atoms with Gasteiger partial charge in [-0.3, -0.25) is 9.59 Å².